The van der Waals surface area contributed by atoms with E-state index in [1.54, 1.807) is 11.3 Å². The normalized spacial score (nSPS) is 13.1. The predicted molar refractivity (Wildman–Crippen MR) is 111 cm³/mol. The third-order valence-corrected chi connectivity index (χ3v) is 6.66. The van der Waals surface area contributed by atoms with Crippen LogP contribution >= 0.6 is 23.1 Å². The second-order valence-electron chi connectivity index (χ2n) is 6.53. The summed E-state index contributed by atoms with van der Waals surface area (Å²) in [4.78, 5) is 30.1. The molecule has 3 rings (SSSR count). The van der Waals surface area contributed by atoms with Gasteiger partial charge in [0.2, 0.25) is 0 Å². The van der Waals surface area contributed by atoms with Crippen LogP contribution in [0.3, 0.4) is 0 Å². The van der Waals surface area contributed by atoms with E-state index in [0.29, 0.717) is 17.2 Å². The van der Waals surface area contributed by atoms with Crippen LogP contribution in [-0.2, 0) is 19.3 Å². The van der Waals surface area contributed by atoms with Crippen molar-refractivity contribution >= 4 is 34.7 Å². The fourth-order valence-corrected chi connectivity index (χ4v) is 5.03. The third-order valence-electron chi connectivity index (χ3n) is 4.69. The minimum Gasteiger partial charge on any atom is -0.495 e. The van der Waals surface area contributed by atoms with Gasteiger partial charge in [-0.15, -0.1) is 23.1 Å². The van der Waals surface area contributed by atoms with Crippen molar-refractivity contribution in [3.63, 3.8) is 0 Å². The van der Waals surface area contributed by atoms with Crippen molar-refractivity contribution in [2.75, 3.05) is 19.9 Å². The first-order valence-corrected chi connectivity index (χ1v) is 11.2. The fraction of sp³-hybridized carbons (Fsp3) is 0.474. The SMILES string of the molecule is COc1cc([N+](=O)[O-])c(C(=O)NCCCc2nc3c(s2)CCCC3)cc1SC. The largest absolute Gasteiger partial charge is 0.495 e. The van der Waals surface area contributed by atoms with Gasteiger partial charge in [-0.05, 0) is 44.4 Å². The van der Waals surface area contributed by atoms with E-state index in [1.807, 2.05) is 6.26 Å². The van der Waals surface area contributed by atoms with Gasteiger partial charge in [0.25, 0.3) is 11.6 Å². The number of nitro groups is 1. The number of thiazole rings is 1. The van der Waals surface area contributed by atoms with E-state index in [2.05, 4.69) is 5.32 Å². The summed E-state index contributed by atoms with van der Waals surface area (Å²) < 4.78 is 5.18. The van der Waals surface area contributed by atoms with Crippen LogP contribution in [0.4, 0.5) is 5.69 Å². The molecule has 0 aliphatic heterocycles. The number of nitrogens with one attached hydrogen (secondary N) is 1. The summed E-state index contributed by atoms with van der Waals surface area (Å²) in [5.41, 5.74) is 1.05. The highest BCUT2D eigenvalue weighted by molar-refractivity contribution is 7.98. The molecule has 0 unspecified atom stereocenters. The Bertz CT molecular complexity index is 859. The van der Waals surface area contributed by atoms with Gasteiger partial charge >= 0.3 is 0 Å². The van der Waals surface area contributed by atoms with Crippen LogP contribution < -0.4 is 10.1 Å². The Morgan fingerprint density at radius 2 is 2.18 bits per heavy atom. The van der Waals surface area contributed by atoms with Crippen molar-refractivity contribution in [1.29, 1.82) is 0 Å². The molecular formula is C19H23N3O4S2. The Morgan fingerprint density at radius 1 is 1.39 bits per heavy atom. The first kappa shape index (κ1) is 20.6. The molecule has 1 aliphatic rings. The van der Waals surface area contributed by atoms with Gasteiger partial charge in [-0.1, -0.05) is 0 Å². The summed E-state index contributed by atoms with van der Waals surface area (Å²) >= 11 is 3.15. The van der Waals surface area contributed by atoms with E-state index < -0.39 is 10.8 Å². The topological polar surface area (TPSA) is 94.4 Å². The summed E-state index contributed by atoms with van der Waals surface area (Å²) in [6.45, 7) is 0.445. The maximum atomic E-state index is 12.5. The first-order valence-electron chi connectivity index (χ1n) is 9.19. The lowest BCUT2D eigenvalue weighted by atomic mass is 10.0. The highest BCUT2D eigenvalue weighted by Gasteiger charge is 2.23. The number of benzene rings is 1. The molecule has 9 heteroatoms. The lowest BCUT2D eigenvalue weighted by molar-refractivity contribution is -0.385. The van der Waals surface area contributed by atoms with Crippen molar-refractivity contribution in [3.05, 3.63) is 43.4 Å². The second-order valence-corrected chi connectivity index (χ2v) is 8.54. The number of thioether (sulfide) groups is 1. The highest BCUT2D eigenvalue weighted by atomic mass is 32.2. The molecule has 1 N–H and O–H groups in total. The number of amides is 1. The van der Waals surface area contributed by atoms with Gasteiger partial charge in [-0.3, -0.25) is 14.9 Å². The molecule has 0 fully saturated rings. The van der Waals surface area contributed by atoms with Crippen molar-refractivity contribution in [2.24, 2.45) is 0 Å². The van der Waals surface area contributed by atoms with Crippen LogP contribution in [0, 0.1) is 10.1 Å². The molecule has 0 radical (unpaired) electrons. The Kier molecular flexibility index (Phi) is 6.90. The van der Waals surface area contributed by atoms with Crippen LogP contribution in [0.5, 0.6) is 5.75 Å². The van der Waals surface area contributed by atoms with Gasteiger partial charge in [0.1, 0.15) is 11.3 Å². The zero-order valence-electron chi connectivity index (χ0n) is 15.9. The molecule has 0 saturated heterocycles. The molecule has 28 heavy (non-hydrogen) atoms. The molecule has 0 spiro atoms. The number of rotatable bonds is 8. The smallest absolute Gasteiger partial charge is 0.285 e. The average molecular weight is 422 g/mol. The number of nitrogens with zero attached hydrogens (tertiary/aromatic N) is 2. The minimum absolute atomic E-state index is 0.0554. The summed E-state index contributed by atoms with van der Waals surface area (Å²) in [6, 6.07) is 2.83. The van der Waals surface area contributed by atoms with E-state index >= 15 is 0 Å². The number of aryl methyl sites for hydroxylation is 3. The van der Waals surface area contributed by atoms with Gasteiger partial charge in [-0.25, -0.2) is 4.98 Å². The number of aromatic nitrogens is 1. The number of methoxy groups -OCH3 is 1. The lowest BCUT2D eigenvalue weighted by Gasteiger charge is -2.10. The molecular weight excluding hydrogens is 398 g/mol. The standard InChI is InChI=1S/C19H23N3O4S2/c1-26-15-11-14(22(24)25)12(10-17(15)27-2)19(23)20-9-5-8-18-21-13-6-3-4-7-16(13)28-18/h10-11H,3-9H2,1-2H3,(H,20,23). The zero-order chi connectivity index (χ0) is 20.1. The van der Waals surface area contributed by atoms with E-state index in [0.717, 1.165) is 30.7 Å². The van der Waals surface area contributed by atoms with Gasteiger partial charge in [-0.2, -0.15) is 0 Å². The van der Waals surface area contributed by atoms with Crippen LogP contribution in [0.15, 0.2) is 17.0 Å². The number of hydrogen-bond donors (Lipinski definition) is 1. The number of nitro benzene ring substituents is 1. The van der Waals surface area contributed by atoms with E-state index in [4.69, 9.17) is 9.72 Å². The number of fused-ring (bicyclic) bond motifs is 1. The van der Waals surface area contributed by atoms with Crippen molar-refractivity contribution in [2.45, 2.75) is 43.4 Å². The van der Waals surface area contributed by atoms with E-state index in [1.165, 1.54) is 54.4 Å². The van der Waals surface area contributed by atoms with E-state index in [-0.39, 0.29) is 11.3 Å². The molecule has 0 bridgehead atoms. The van der Waals surface area contributed by atoms with Crippen molar-refractivity contribution < 1.29 is 14.5 Å². The average Bonchev–Trinajstić information content (AvgIpc) is 3.12. The Morgan fingerprint density at radius 3 is 2.86 bits per heavy atom. The third kappa shape index (κ3) is 4.64. The summed E-state index contributed by atoms with van der Waals surface area (Å²) in [5.74, 6) is -0.0495. The fourth-order valence-electron chi connectivity index (χ4n) is 3.25. The van der Waals surface area contributed by atoms with Crippen LogP contribution in [0.1, 0.15) is 45.2 Å². The zero-order valence-corrected chi connectivity index (χ0v) is 17.6. The molecule has 7 nitrogen and oxygen atoms in total. The number of carbonyl (C=O) groups is 1. The summed E-state index contributed by atoms with van der Waals surface area (Å²) in [6.07, 6.45) is 8.04. The maximum Gasteiger partial charge on any atom is 0.285 e. The number of hydrogen-bond acceptors (Lipinski definition) is 7. The van der Waals surface area contributed by atoms with Crippen LogP contribution in [0.2, 0.25) is 0 Å². The van der Waals surface area contributed by atoms with Gasteiger partial charge in [0, 0.05) is 17.8 Å². The van der Waals surface area contributed by atoms with Crippen molar-refractivity contribution in [3.8, 4) is 5.75 Å². The van der Waals surface area contributed by atoms with Crippen LogP contribution in [-0.4, -0.2) is 35.7 Å². The maximum absolute atomic E-state index is 12.5. The molecule has 0 atom stereocenters. The number of carbonyl (C=O) groups excluding carboxylic acids is 1. The predicted octanol–water partition coefficient (Wildman–Crippen LogP) is 4.02. The Hall–Kier alpha value is -2.13. The van der Waals surface area contributed by atoms with Gasteiger partial charge in [0.05, 0.1) is 33.7 Å². The van der Waals surface area contributed by atoms with Gasteiger partial charge < -0.3 is 10.1 Å². The molecule has 1 aromatic carbocycles. The molecule has 1 amide bonds. The summed E-state index contributed by atoms with van der Waals surface area (Å²) in [7, 11) is 1.45. The van der Waals surface area contributed by atoms with E-state index in [9.17, 15) is 14.9 Å². The minimum atomic E-state index is -0.554. The molecule has 0 saturated carbocycles. The Balaban J connectivity index is 1.61. The highest BCUT2D eigenvalue weighted by Crippen LogP contribution is 2.34. The first-order chi connectivity index (χ1) is 13.5. The van der Waals surface area contributed by atoms with Crippen molar-refractivity contribution in [1.82, 2.24) is 10.3 Å². The second kappa shape index (κ2) is 9.38. The monoisotopic (exact) mass is 421 g/mol. The molecule has 1 aromatic heterocycles. The molecule has 1 aliphatic carbocycles. The lowest BCUT2D eigenvalue weighted by Crippen LogP contribution is -2.25. The molecule has 150 valence electrons. The van der Waals surface area contributed by atoms with Crippen LogP contribution in [0.25, 0.3) is 0 Å². The Labute approximate surface area is 172 Å². The van der Waals surface area contributed by atoms with Gasteiger partial charge in [0.15, 0.2) is 0 Å². The quantitative estimate of drug-likeness (QED) is 0.299. The molecule has 2 aromatic rings. The number of ether oxygens (including phenoxy) is 1. The summed E-state index contributed by atoms with van der Waals surface area (Å²) in [5, 5.41) is 15.3. The molecule has 1 heterocycles.